The maximum absolute atomic E-state index is 12.9. The van der Waals surface area contributed by atoms with E-state index in [2.05, 4.69) is 67.6 Å². The molecule has 0 aliphatic heterocycles. The average molecular weight is 563 g/mol. The van der Waals surface area contributed by atoms with E-state index in [-0.39, 0.29) is 6.42 Å². The van der Waals surface area contributed by atoms with Crippen molar-refractivity contribution in [3.63, 3.8) is 0 Å². The summed E-state index contributed by atoms with van der Waals surface area (Å²) in [5.74, 6) is -2.76. The van der Waals surface area contributed by atoms with Gasteiger partial charge in [0, 0.05) is 6.42 Å². The molecule has 0 N–H and O–H groups in total. The SMILES string of the molecule is CC/C(=C(\c1ccccc1)c1ccc(OCCCCCSCCCC(F)(F)C(F)(F)F)cc1)c1ccccc1. The number of hydrogen-bond donors (Lipinski definition) is 0. The summed E-state index contributed by atoms with van der Waals surface area (Å²) in [5.41, 5.74) is 5.98. The summed E-state index contributed by atoms with van der Waals surface area (Å²) in [4.78, 5) is 0. The highest BCUT2D eigenvalue weighted by atomic mass is 32.2. The van der Waals surface area contributed by atoms with Crippen LogP contribution in [-0.4, -0.2) is 30.2 Å². The van der Waals surface area contributed by atoms with Crippen LogP contribution in [0.4, 0.5) is 22.0 Å². The Morgan fingerprint density at radius 1 is 0.667 bits per heavy atom. The molecule has 0 radical (unpaired) electrons. The number of allylic oxidation sites excluding steroid dienone is 1. The van der Waals surface area contributed by atoms with E-state index in [4.69, 9.17) is 4.74 Å². The average Bonchev–Trinajstić information content (AvgIpc) is 2.93. The van der Waals surface area contributed by atoms with Gasteiger partial charge in [0.2, 0.25) is 0 Å². The molecule has 0 amide bonds. The first-order chi connectivity index (χ1) is 18.7. The minimum absolute atomic E-state index is 0.150. The van der Waals surface area contributed by atoms with Crippen LogP contribution in [-0.2, 0) is 0 Å². The predicted molar refractivity (Wildman–Crippen MR) is 152 cm³/mol. The van der Waals surface area contributed by atoms with E-state index in [1.165, 1.54) is 34.0 Å². The van der Waals surface area contributed by atoms with Crippen molar-refractivity contribution in [1.82, 2.24) is 0 Å². The number of thioether (sulfide) groups is 1. The van der Waals surface area contributed by atoms with Gasteiger partial charge in [-0.1, -0.05) is 79.7 Å². The van der Waals surface area contributed by atoms with Crippen LogP contribution in [0, 0.1) is 0 Å². The largest absolute Gasteiger partial charge is 0.494 e. The van der Waals surface area contributed by atoms with Gasteiger partial charge in [0.1, 0.15) is 5.75 Å². The molecule has 0 saturated carbocycles. The van der Waals surface area contributed by atoms with Crippen molar-refractivity contribution in [2.45, 2.75) is 57.5 Å². The van der Waals surface area contributed by atoms with Crippen LogP contribution in [0.1, 0.15) is 62.1 Å². The van der Waals surface area contributed by atoms with E-state index < -0.39 is 18.5 Å². The molecule has 0 fully saturated rings. The predicted octanol–water partition coefficient (Wildman–Crippen LogP) is 10.3. The number of ether oxygens (including phenoxy) is 1. The van der Waals surface area contributed by atoms with Crippen LogP contribution in [0.5, 0.6) is 5.75 Å². The van der Waals surface area contributed by atoms with Crippen molar-refractivity contribution in [2.24, 2.45) is 0 Å². The fourth-order valence-electron chi connectivity index (χ4n) is 4.32. The lowest BCUT2D eigenvalue weighted by molar-refractivity contribution is -0.284. The molecule has 39 heavy (non-hydrogen) atoms. The number of benzene rings is 3. The van der Waals surface area contributed by atoms with Gasteiger partial charge in [0.05, 0.1) is 6.61 Å². The highest BCUT2D eigenvalue weighted by Crippen LogP contribution is 2.39. The standard InChI is InChI=1S/C32H35F5OS/c1-2-29(25-13-6-3-7-14-25)30(26-15-8-4-9-16-26)27-17-19-28(20-18-27)38-22-10-5-11-23-39-24-12-21-31(33,34)32(35,36)37/h3-4,6-9,13-20H,2,5,10-12,21-24H2,1H3/b30-29-. The van der Waals surface area contributed by atoms with Gasteiger partial charge in [-0.25, -0.2) is 0 Å². The molecule has 3 aromatic carbocycles. The summed E-state index contributed by atoms with van der Waals surface area (Å²) >= 11 is 1.42. The lowest BCUT2D eigenvalue weighted by Crippen LogP contribution is -2.36. The molecule has 0 saturated heterocycles. The molecular weight excluding hydrogens is 527 g/mol. The third kappa shape index (κ3) is 9.41. The molecule has 0 aliphatic carbocycles. The molecule has 0 aromatic heterocycles. The van der Waals surface area contributed by atoms with Crippen LogP contribution in [0.2, 0.25) is 0 Å². The normalized spacial score (nSPS) is 12.8. The van der Waals surface area contributed by atoms with Crippen molar-refractivity contribution < 1.29 is 26.7 Å². The van der Waals surface area contributed by atoms with Crippen molar-refractivity contribution in [1.29, 1.82) is 0 Å². The Hall–Kier alpha value is -2.80. The van der Waals surface area contributed by atoms with Gasteiger partial charge < -0.3 is 4.74 Å². The molecule has 0 heterocycles. The van der Waals surface area contributed by atoms with Gasteiger partial charge in [-0.05, 0) is 83.6 Å². The van der Waals surface area contributed by atoms with Gasteiger partial charge in [-0.2, -0.15) is 33.7 Å². The van der Waals surface area contributed by atoms with Crippen LogP contribution in [0.15, 0.2) is 84.9 Å². The Kier molecular flexibility index (Phi) is 11.9. The number of hydrogen-bond acceptors (Lipinski definition) is 2. The second-order valence-corrected chi connectivity index (χ2v) is 10.5. The van der Waals surface area contributed by atoms with E-state index in [1.54, 1.807) is 0 Å². The summed E-state index contributed by atoms with van der Waals surface area (Å²) in [5, 5.41) is 0. The summed E-state index contributed by atoms with van der Waals surface area (Å²) < 4.78 is 68.2. The van der Waals surface area contributed by atoms with Gasteiger partial charge in [0.25, 0.3) is 0 Å². The monoisotopic (exact) mass is 562 g/mol. The molecular formula is C32H35F5OS. The number of rotatable bonds is 15. The Morgan fingerprint density at radius 3 is 1.82 bits per heavy atom. The van der Waals surface area contributed by atoms with Crippen molar-refractivity contribution >= 4 is 22.9 Å². The molecule has 0 atom stereocenters. The smallest absolute Gasteiger partial charge is 0.453 e. The van der Waals surface area contributed by atoms with E-state index in [1.807, 2.05) is 24.3 Å². The van der Waals surface area contributed by atoms with E-state index in [0.717, 1.165) is 42.7 Å². The topological polar surface area (TPSA) is 9.23 Å². The van der Waals surface area contributed by atoms with Crippen LogP contribution in [0.3, 0.4) is 0 Å². The van der Waals surface area contributed by atoms with Gasteiger partial charge in [-0.3, -0.25) is 0 Å². The van der Waals surface area contributed by atoms with E-state index in [9.17, 15) is 22.0 Å². The molecule has 1 nitrogen and oxygen atoms in total. The van der Waals surface area contributed by atoms with E-state index in [0.29, 0.717) is 12.4 Å². The Balaban J connectivity index is 1.47. The minimum atomic E-state index is -5.46. The van der Waals surface area contributed by atoms with Crippen molar-refractivity contribution in [3.05, 3.63) is 102 Å². The lowest BCUT2D eigenvalue weighted by atomic mass is 9.88. The zero-order chi connectivity index (χ0) is 28.1. The van der Waals surface area contributed by atoms with Gasteiger partial charge in [-0.15, -0.1) is 0 Å². The highest BCUT2D eigenvalue weighted by Gasteiger charge is 2.56. The fraction of sp³-hybridized carbons (Fsp3) is 0.375. The van der Waals surface area contributed by atoms with Crippen molar-refractivity contribution in [3.8, 4) is 5.75 Å². The molecule has 7 heteroatoms. The molecule has 0 bridgehead atoms. The van der Waals surface area contributed by atoms with E-state index >= 15 is 0 Å². The first kappa shape index (κ1) is 30.7. The lowest BCUT2D eigenvalue weighted by Gasteiger charge is -2.19. The van der Waals surface area contributed by atoms with Crippen LogP contribution in [0.25, 0.3) is 11.1 Å². The molecule has 210 valence electrons. The first-order valence-corrected chi connectivity index (χ1v) is 14.5. The third-order valence-corrected chi connectivity index (χ3v) is 7.53. The zero-order valence-electron chi connectivity index (χ0n) is 22.2. The second kappa shape index (κ2) is 15.1. The van der Waals surface area contributed by atoms with Gasteiger partial charge >= 0.3 is 12.1 Å². The molecule has 0 spiro atoms. The maximum atomic E-state index is 12.9. The Bertz CT molecular complexity index is 1140. The van der Waals surface area contributed by atoms with Crippen LogP contribution >= 0.6 is 11.8 Å². The maximum Gasteiger partial charge on any atom is 0.453 e. The molecule has 3 aromatic rings. The summed E-state index contributed by atoms with van der Waals surface area (Å²) in [6.07, 6.45) is -3.25. The van der Waals surface area contributed by atoms with Crippen molar-refractivity contribution in [2.75, 3.05) is 18.1 Å². The summed E-state index contributed by atoms with van der Waals surface area (Å²) in [6, 6.07) is 29.0. The highest BCUT2D eigenvalue weighted by molar-refractivity contribution is 7.99. The second-order valence-electron chi connectivity index (χ2n) is 9.29. The fourth-order valence-corrected chi connectivity index (χ4v) is 5.28. The zero-order valence-corrected chi connectivity index (χ0v) is 23.0. The number of unbranched alkanes of at least 4 members (excludes halogenated alkanes) is 2. The molecule has 3 rings (SSSR count). The van der Waals surface area contributed by atoms with Crippen LogP contribution < -0.4 is 4.74 Å². The molecule has 0 unspecified atom stereocenters. The minimum Gasteiger partial charge on any atom is -0.494 e. The third-order valence-electron chi connectivity index (χ3n) is 6.38. The summed E-state index contributed by atoms with van der Waals surface area (Å²) in [7, 11) is 0. The Labute approximate surface area is 232 Å². The summed E-state index contributed by atoms with van der Waals surface area (Å²) in [6.45, 7) is 2.74. The number of alkyl halides is 5. The quantitative estimate of drug-likeness (QED) is 0.104. The Morgan fingerprint density at radius 2 is 1.23 bits per heavy atom. The number of halogens is 5. The van der Waals surface area contributed by atoms with Gasteiger partial charge in [0.15, 0.2) is 0 Å². The molecule has 0 aliphatic rings. The first-order valence-electron chi connectivity index (χ1n) is 13.3.